The Bertz CT molecular complexity index is 329. The molecule has 68 valence electrons. The smallest absolute Gasteiger partial charge is 0.0488 e. The molecule has 1 fully saturated rings. The number of para-hydroxylation sites is 1. The molecule has 1 aromatic carbocycles. The highest BCUT2D eigenvalue weighted by atomic mass is 16.5. The predicted molar refractivity (Wildman–Crippen MR) is 53.7 cm³/mol. The number of hydrogen-bond acceptors (Lipinski definition) is 1. The number of aromatic nitrogens is 1. The first-order chi connectivity index (χ1) is 6.47. The van der Waals surface area contributed by atoms with Crippen LogP contribution < -0.4 is 0 Å². The third-order valence-electron chi connectivity index (χ3n) is 2.04. The van der Waals surface area contributed by atoms with Crippen molar-refractivity contribution in [3.05, 3.63) is 36.5 Å². The summed E-state index contributed by atoms with van der Waals surface area (Å²) in [7, 11) is 0. The fraction of sp³-hybridized carbons (Fsp3) is 0.273. The predicted octanol–water partition coefficient (Wildman–Crippen LogP) is 2.57. The first-order valence-corrected chi connectivity index (χ1v) is 4.57. The number of benzene rings is 1. The van der Waals surface area contributed by atoms with Gasteiger partial charge in [-0.25, -0.2) is 0 Å². The highest BCUT2D eigenvalue weighted by molar-refractivity contribution is 5.78. The van der Waals surface area contributed by atoms with Crippen LogP contribution in [-0.4, -0.2) is 18.2 Å². The molecule has 1 N–H and O–H groups in total. The van der Waals surface area contributed by atoms with Crippen molar-refractivity contribution in [2.24, 2.45) is 0 Å². The van der Waals surface area contributed by atoms with E-state index in [1.807, 2.05) is 18.3 Å². The minimum absolute atomic E-state index is 1.00. The molecule has 2 aromatic rings. The number of fused-ring (bicyclic) bond motifs is 1. The molecule has 13 heavy (non-hydrogen) atoms. The summed E-state index contributed by atoms with van der Waals surface area (Å²) in [6.07, 6.45) is 3.23. The molecule has 0 bridgehead atoms. The monoisotopic (exact) mass is 175 g/mol. The fourth-order valence-electron chi connectivity index (χ4n) is 1.14. The molecule has 3 rings (SSSR count). The summed E-state index contributed by atoms with van der Waals surface area (Å²) in [5.41, 5.74) is 1.21. The van der Waals surface area contributed by atoms with Gasteiger partial charge in [-0.1, -0.05) is 18.2 Å². The summed E-state index contributed by atoms with van der Waals surface area (Å²) >= 11 is 0. The number of aromatic amines is 1. The van der Waals surface area contributed by atoms with Crippen LogP contribution in [0.4, 0.5) is 0 Å². The molecule has 1 saturated heterocycles. The summed E-state index contributed by atoms with van der Waals surface area (Å²) in [5, 5.41) is 1.28. The third kappa shape index (κ3) is 2.10. The van der Waals surface area contributed by atoms with Crippen LogP contribution in [-0.2, 0) is 4.74 Å². The maximum Gasteiger partial charge on any atom is 0.0488 e. The lowest BCUT2D eigenvalue weighted by Gasteiger charge is -2.09. The lowest BCUT2D eigenvalue weighted by Crippen LogP contribution is -2.09. The lowest BCUT2D eigenvalue weighted by atomic mass is 10.3. The quantitative estimate of drug-likeness (QED) is 0.654. The first kappa shape index (κ1) is 8.32. The van der Waals surface area contributed by atoms with Crippen molar-refractivity contribution in [1.29, 1.82) is 0 Å². The Hall–Kier alpha value is -1.28. The van der Waals surface area contributed by atoms with Gasteiger partial charge in [0.15, 0.2) is 0 Å². The van der Waals surface area contributed by atoms with Crippen LogP contribution in [0, 0.1) is 0 Å². The van der Waals surface area contributed by atoms with E-state index in [-0.39, 0.29) is 0 Å². The highest BCUT2D eigenvalue weighted by Gasteiger charge is 1.94. The van der Waals surface area contributed by atoms with Gasteiger partial charge < -0.3 is 9.72 Å². The van der Waals surface area contributed by atoms with Crippen LogP contribution in [0.1, 0.15) is 6.42 Å². The summed E-state index contributed by atoms with van der Waals surface area (Å²) in [5.74, 6) is 0. The van der Waals surface area contributed by atoms with Gasteiger partial charge in [0.2, 0.25) is 0 Å². The van der Waals surface area contributed by atoms with E-state index in [9.17, 15) is 0 Å². The number of nitrogens with one attached hydrogen (secondary N) is 1. The van der Waals surface area contributed by atoms with Gasteiger partial charge >= 0.3 is 0 Å². The van der Waals surface area contributed by atoms with Crippen molar-refractivity contribution < 1.29 is 4.74 Å². The van der Waals surface area contributed by atoms with Crippen LogP contribution >= 0.6 is 0 Å². The fourth-order valence-corrected chi connectivity index (χ4v) is 1.14. The minimum atomic E-state index is 1.00. The topological polar surface area (TPSA) is 25.0 Å². The van der Waals surface area contributed by atoms with Crippen LogP contribution in [0.5, 0.6) is 0 Å². The van der Waals surface area contributed by atoms with E-state index in [0.29, 0.717) is 0 Å². The van der Waals surface area contributed by atoms with Gasteiger partial charge in [0.05, 0.1) is 0 Å². The standard InChI is InChI=1S/C8H7N.C3H6O/c1-2-4-8-7(3-1)5-6-9-8;1-2-4-3-1/h1-6,9H;1-3H2. The maximum atomic E-state index is 4.72. The maximum absolute atomic E-state index is 4.72. The van der Waals surface area contributed by atoms with Gasteiger partial charge in [-0.3, -0.25) is 0 Å². The van der Waals surface area contributed by atoms with Crippen molar-refractivity contribution in [3.63, 3.8) is 0 Å². The largest absolute Gasteiger partial charge is 0.381 e. The highest BCUT2D eigenvalue weighted by Crippen LogP contribution is 2.09. The second kappa shape index (κ2) is 4.10. The van der Waals surface area contributed by atoms with Crippen molar-refractivity contribution in [2.45, 2.75) is 6.42 Å². The van der Waals surface area contributed by atoms with Crippen LogP contribution in [0.3, 0.4) is 0 Å². The van der Waals surface area contributed by atoms with Crippen LogP contribution in [0.2, 0.25) is 0 Å². The van der Waals surface area contributed by atoms with E-state index in [0.717, 1.165) is 13.2 Å². The summed E-state index contributed by atoms with van der Waals surface area (Å²) in [6.45, 7) is 2.00. The Balaban J connectivity index is 0.000000137. The molecule has 1 aromatic heterocycles. The first-order valence-electron chi connectivity index (χ1n) is 4.57. The zero-order valence-corrected chi connectivity index (χ0v) is 7.49. The van der Waals surface area contributed by atoms with Crippen molar-refractivity contribution in [1.82, 2.24) is 4.98 Å². The summed E-state index contributed by atoms with van der Waals surface area (Å²) < 4.78 is 4.72. The molecule has 2 heteroatoms. The van der Waals surface area contributed by atoms with Gasteiger partial charge in [-0.15, -0.1) is 0 Å². The van der Waals surface area contributed by atoms with E-state index < -0.39 is 0 Å². The van der Waals surface area contributed by atoms with Crippen molar-refractivity contribution >= 4 is 10.9 Å². The van der Waals surface area contributed by atoms with E-state index in [1.54, 1.807) is 0 Å². The molecule has 2 heterocycles. The molecular weight excluding hydrogens is 162 g/mol. The molecule has 0 aliphatic carbocycles. The average molecular weight is 175 g/mol. The molecule has 0 amide bonds. The summed E-state index contributed by atoms with van der Waals surface area (Å²) in [4.78, 5) is 3.12. The van der Waals surface area contributed by atoms with Crippen molar-refractivity contribution in [2.75, 3.05) is 13.2 Å². The second-order valence-corrected chi connectivity index (χ2v) is 3.03. The normalized spacial score (nSPS) is 14.5. The molecule has 0 spiro atoms. The van der Waals surface area contributed by atoms with Gasteiger partial charge in [0.1, 0.15) is 0 Å². The Labute approximate surface area is 77.5 Å². The van der Waals surface area contributed by atoms with Gasteiger partial charge in [-0.05, 0) is 23.9 Å². The van der Waals surface area contributed by atoms with Gasteiger partial charge in [0.25, 0.3) is 0 Å². The SMILES string of the molecule is C1COC1.c1ccc2[nH]ccc2c1. The second-order valence-electron chi connectivity index (χ2n) is 3.03. The summed E-state index contributed by atoms with van der Waals surface area (Å²) in [6, 6.07) is 10.3. The zero-order chi connectivity index (χ0) is 8.93. The van der Waals surface area contributed by atoms with Crippen molar-refractivity contribution in [3.8, 4) is 0 Å². The van der Waals surface area contributed by atoms with E-state index in [2.05, 4.69) is 23.2 Å². The average Bonchev–Trinajstić information content (AvgIpc) is 2.47. The Morgan fingerprint density at radius 2 is 1.77 bits per heavy atom. The van der Waals surface area contributed by atoms with E-state index in [1.165, 1.54) is 17.3 Å². The Kier molecular flexibility index (Phi) is 2.62. The lowest BCUT2D eigenvalue weighted by molar-refractivity contribution is 0.0367. The molecule has 0 unspecified atom stereocenters. The molecule has 1 aliphatic rings. The Morgan fingerprint density at radius 1 is 1.08 bits per heavy atom. The third-order valence-corrected chi connectivity index (χ3v) is 2.04. The van der Waals surface area contributed by atoms with Gasteiger partial charge in [0, 0.05) is 24.9 Å². The van der Waals surface area contributed by atoms with Gasteiger partial charge in [-0.2, -0.15) is 0 Å². The van der Waals surface area contributed by atoms with E-state index in [4.69, 9.17) is 4.74 Å². The number of ether oxygens (including phenoxy) is 1. The molecule has 0 saturated carbocycles. The zero-order valence-electron chi connectivity index (χ0n) is 7.49. The number of H-pyrrole nitrogens is 1. The van der Waals surface area contributed by atoms with Crippen LogP contribution in [0.15, 0.2) is 36.5 Å². The van der Waals surface area contributed by atoms with E-state index >= 15 is 0 Å². The molecular formula is C11H13NO. The minimum Gasteiger partial charge on any atom is -0.381 e. The molecule has 2 nitrogen and oxygen atoms in total. The Morgan fingerprint density at radius 3 is 2.38 bits per heavy atom. The van der Waals surface area contributed by atoms with Crippen LogP contribution in [0.25, 0.3) is 10.9 Å². The number of rotatable bonds is 0. The molecule has 1 aliphatic heterocycles. The molecule has 0 atom stereocenters. The molecule has 0 radical (unpaired) electrons. The number of hydrogen-bond donors (Lipinski definition) is 1.